The van der Waals surface area contributed by atoms with Crippen LogP contribution in [0.2, 0.25) is 0 Å². The molecule has 0 bridgehead atoms. The van der Waals surface area contributed by atoms with E-state index in [0.717, 1.165) is 62.3 Å². The predicted octanol–water partition coefficient (Wildman–Crippen LogP) is 5.48. The zero-order valence-electron chi connectivity index (χ0n) is 19.4. The molecule has 0 radical (unpaired) electrons. The highest BCUT2D eigenvalue weighted by atomic mass is 16.5. The van der Waals surface area contributed by atoms with Gasteiger partial charge in [-0.2, -0.15) is 0 Å². The van der Waals surface area contributed by atoms with Gasteiger partial charge in [0, 0.05) is 23.2 Å². The summed E-state index contributed by atoms with van der Waals surface area (Å²) in [5.41, 5.74) is 4.93. The summed E-state index contributed by atoms with van der Waals surface area (Å²) in [5.74, 6) is 2.44. The largest absolute Gasteiger partial charge is 0.507 e. The number of rotatable bonds is 4. The van der Waals surface area contributed by atoms with Gasteiger partial charge in [-0.1, -0.05) is 12.1 Å². The van der Waals surface area contributed by atoms with E-state index in [1.165, 1.54) is 0 Å². The van der Waals surface area contributed by atoms with Gasteiger partial charge in [-0.15, -0.1) is 0 Å². The van der Waals surface area contributed by atoms with Crippen molar-refractivity contribution in [3.05, 3.63) is 47.0 Å². The fourth-order valence-corrected chi connectivity index (χ4v) is 5.05. The van der Waals surface area contributed by atoms with Crippen LogP contribution in [0.3, 0.4) is 0 Å². The molecule has 0 aromatic heterocycles. The van der Waals surface area contributed by atoms with Crippen LogP contribution in [-0.2, 0) is 6.42 Å². The first kappa shape index (κ1) is 21.3. The Morgan fingerprint density at radius 2 is 1.68 bits per heavy atom. The minimum Gasteiger partial charge on any atom is -0.507 e. The van der Waals surface area contributed by atoms with Gasteiger partial charge in [0.05, 0.1) is 32.3 Å². The molecule has 5 heteroatoms. The summed E-state index contributed by atoms with van der Waals surface area (Å²) < 4.78 is 17.3. The quantitative estimate of drug-likeness (QED) is 0.604. The van der Waals surface area contributed by atoms with Crippen molar-refractivity contribution in [1.82, 2.24) is 4.90 Å². The molecule has 3 aromatic rings. The summed E-state index contributed by atoms with van der Waals surface area (Å²) in [5, 5.41) is 13.1. The molecule has 0 spiro atoms. The van der Waals surface area contributed by atoms with Crippen LogP contribution in [0, 0.1) is 6.92 Å². The molecule has 0 aliphatic carbocycles. The van der Waals surface area contributed by atoms with E-state index >= 15 is 0 Å². The Labute approximate surface area is 184 Å². The Morgan fingerprint density at radius 3 is 2.32 bits per heavy atom. The number of fused-ring (bicyclic) bond motifs is 2. The van der Waals surface area contributed by atoms with Crippen LogP contribution in [0.4, 0.5) is 0 Å². The smallest absolute Gasteiger partial charge is 0.135 e. The first-order valence-electron chi connectivity index (χ1n) is 10.6. The number of methoxy groups -OCH3 is 3. The molecule has 0 saturated heterocycles. The van der Waals surface area contributed by atoms with Crippen LogP contribution in [-0.4, -0.2) is 44.4 Å². The number of phenols is 1. The third-order valence-corrected chi connectivity index (χ3v) is 6.80. The minimum absolute atomic E-state index is 0.174. The van der Waals surface area contributed by atoms with Crippen molar-refractivity contribution < 1.29 is 19.3 Å². The van der Waals surface area contributed by atoms with Crippen molar-refractivity contribution in [1.29, 1.82) is 0 Å². The Balaban J connectivity index is 2.12. The monoisotopic (exact) mass is 421 g/mol. The van der Waals surface area contributed by atoms with Crippen molar-refractivity contribution >= 4 is 10.8 Å². The average molecular weight is 422 g/mol. The highest BCUT2D eigenvalue weighted by Crippen LogP contribution is 2.52. The number of nitrogens with zero attached hydrogens (tertiary/aromatic N) is 1. The van der Waals surface area contributed by atoms with Crippen LogP contribution >= 0.6 is 0 Å². The molecular weight excluding hydrogens is 390 g/mol. The van der Waals surface area contributed by atoms with Crippen molar-refractivity contribution in [2.75, 3.05) is 28.4 Å². The number of aryl methyl sites for hydroxylation is 1. The van der Waals surface area contributed by atoms with Crippen LogP contribution in [0.5, 0.6) is 23.0 Å². The maximum Gasteiger partial charge on any atom is 0.135 e. The molecule has 2 atom stereocenters. The van der Waals surface area contributed by atoms with E-state index in [1.807, 2.05) is 37.3 Å². The second kappa shape index (κ2) is 7.97. The lowest BCUT2D eigenvalue weighted by Crippen LogP contribution is -2.38. The third-order valence-electron chi connectivity index (χ3n) is 6.80. The fourth-order valence-electron chi connectivity index (χ4n) is 5.05. The highest BCUT2D eigenvalue weighted by Gasteiger charge is 2.33. The molecule has 1 N–H and O–H groups in total. The Morgan fingerprint density at radius 1 is 0.968 bits per heavy atom. The molecule has 4 rings (SSSR count). The first-order chi connectivity index (χ1) is 14.8. The van der Waals surface area contributed by atoms with Gasteiger partial charge in [-0.25, -0.2) is 0 Å². The van der Waals surface area contributed by atoms with E-state index < -0.39 is 0 Å². The van der Waals surface area contributed by atoms with Crippen LogP contribution in [0.25, 0.3) is 21.9 Å². The number of benzene rings is 3. The molecule has 0 saturated carbocycles. The van der Waals surface area contributed by atoms with Crippen LogP contribution < -0.4 is 14.2 Å². The van der Waals surface area contributed by atoms with Gasteiger partial charge in [0.1, 0.15) is 23.0 Å². The average Bonchev–Trinajstić information content (AvgIpc) is 2.76. The van der Waals surface area contributed by atoms with Gasteiger partial charge in [0.25, 0.3) is 0 Å². The van der Waals surface area contributed by atoms with Crippen LogP contribution in [0.15, 0.2) is 30.3 Å². The van der Waals surface area contributed by atoms with E-state index in [9.17, 15) is 5.11 Å². The molecule has 164 valence electrons. The van der Waals surface area contributed by atoms with Gasteiger partial charge in [-0.3, -0.25) is 4.90 Å². The standard InChI is InChI=1S/C26H31NO4/c1-14-11-21(30-6)24-18(9-8-10-20(24)29-5)22(14)25-19(28)13-17-12-15(2)27(4)16(3)23(17)26(25)31-7/h8-11,13,15-16,28H,12H2,1-7H3/t15-,16-/m0/s1. The predicted molar refractivity (Wildman–Crippen MR) is 125 cm³/mol. The second-order valence-electron chi connectivity index (χ2n) is 8.42. The number of hydrogen-bond donors (Lipinski definition) is 1. The third kappa shape index (κ3) is 3.19. The van der Waals surface area contributed by atoms with Gasteiger partial charge in [0.2, 0.25) is 0 Å². The van der Waals surface area contributed by atoms with Crippen molar-refractivity contribution in [2.24, 2.45) is 0 Å². The van der Waals surface area contributed by atoms with Crippen LogP contribution in [0.1, 0.15) is 36.6 Å². The Bertz CT molecular complexity index is 1150. The summed E-state index contributed by atoms with van der Waals surface area (Å²) in [6.07, 6.45) is 0.872. The molecule has 1 aliphatic rings. The first-order valence-corrected chi connectivity index (χ1v) is 10.6. The summed E-state index contributed by atoms with van der Waals surface area (Å²) in [6.45, 7) is 6.44. The fraction of sp³-hybridized carbons (Fsp3) is 0.385. The molecular formula is C26H31NO4. The lowest BCUT2D eigenvalue weighted by molar-refractivity contribution is 0.175. The molecule has 3 aromatic carbocycles. The molecule has 31 heavy (non-hydrogen) atoms. The summed E-state index contributed by atoms with van der Waals surface area (Å²) in [4.78, 5) is 2.35. The molecule has 1 heterocycles. The lowest BCUT2D eigenvalue weighted by atomic mass is 9.83. The number of ether oxygens (including phenoxy) is 3. The van der Waals surface area contributed by atoms with Crippen molar-refractivity contribution in [2.45, 2.75) is 39.3 Å². The highest BCUT2D eigenvalue weighted by molar-refractivity contribution is 6.07. The Hall–Kier alpha value is -2.92. The second-order valence-corrected chi connectivity index (χ2v) is 8.42. The number of hydrogen-bond acceptors (Lipinski definition) is 5. The number of phenolic OH excluding ortho intramolecular Hbond substituents is 1. The van der Waals surface area contributed by atoms with Gasteiger partial charge in [0.15, 0.2) is 0 Å². The molecule has 1 aliphatic heterocycles. The van der Waals surface area contributed by atoms with Gasteiger partial charge in [-0.05, 0) is 69.0 Å². The van der Waals surface area contributed by atoms with E-state index in [1.54, 1.807) is 21.3 Å². The molecule has 0 fully saturated rings. The van der Waals surface area contributed by atoms with Gasteiger partial charge >= 0.3 is 0 Å². The van der Waals surface area contributed by atoms with E-state index in [4.69, 9.17) is 14.2 Å². The summed E-state index contributed by atoms with van der Waals surface area (Å²) in [7, 11) is 7.15. The lowest BCUT2D eigenvalue weighted by Gasteiger charge is -2.39. The molecule has 0 amide bonds. The SMILES string of the molecule is COc1c(-c2c(C)cc(OC)c3c(OC)cccc23)c(O)cc2c1[C@H](C)N(C)[C@@H](C)C2. The van der Waals surface area contributed by atoms with E-state index in [0.29, 0.717) is 6.04 Å². The Kier molecular flexibility index (Phi) is 5.48. The summed E-state index contributed by atoms with van der Waals surface area (Å²) >= 11 is 0. The van der Waals surface area contributed by atoms with Crippen molar-refractivity contribution in [3.8, 4) is 34.1 Å². The number of likely N-dealkylation sites (N-methyl/N-ethyl adjacent to an activating group) is 1. The van der Waals surface area contributed by atoms with E-state index in [-0.39, 0.29) is 11.8 Å². The zero-order chi connectivity index (χ0) is 22.4. The zero-order valence-corrected chi connectivity index (χ0v) is 19.4. The molecule has 0 unspecified atom stereocenters. The maximum atomic E-state index is 11.3. The van der Waals surface area contributed by atoms with Gasteiger partial charge < -0.3 is 19.3 Å². The maximum absolute atomic E-state index is 11.3. The number of aromatic hydroxyl groups is 1. The normalized spacial score (nSPS) is 18.7. The molecule has 5 nitrogen and oxygen atoms in total. The van der Waals surface area contributed by atoms with Crippen molar-refractivity contribution in [3.63, 3.8) is 0 Å². The minimum atomic E-state index is 0.174. The summed E-state index contributed by atoms with van der Waals surface area (Å²) in [6, 6.07) is 10.4. The van der Waals surface area contributed by atoms with E-state index in [2.05, 4.69) is 25.8 Å². The topological polar surface area (TPSA) is 51.2 Å².